The molecule has 1 unspecified atom stereocenters. The van der Waals surface area contributed by atoms with Crippen LogP contribution in [0.15, 0.2) is 25.2 Å². The van der Waals surface area contributed by atoms with Gasteiger partial charge in [0, 0.05) is 6.42 Å². The Hall–Kier alpha value is -2.11. The van der Waals surface area contributed by atoms with E-state index in [1.807, 2.05) is 10.8 Å². The minimum absolute atomic E-state index is 0.315. The normalized spacial score (nSPS) is 18.2. The average molecular weight is 236 g/mol. The summed E-state index contributed by atoms with van der Waals surface area (Å²) in [6.45, 7) is 4.25. The largest absolute Gasteiger partial charge is 0.467 e. The highest BCUT2D eigenvalue weighted by molar-refractivity contribution is 5.86. The monoisotopic (exact) mass is 236 g/mol. The van der Waals surface area contributed by atoms with Crippen molar-refractivity contribution in [3.63, 3.8) is 0 Å². The summed E-state index contributed by atoms with van der Waals surface area (Å²) in [4.78, 5) is 23.1. The van der Waals surface area contributed by atoms with Crippen LogP contribution in [0.3, 0.4) is 0 Å². The lowest BCUT2D eigenvalue weighted by atomic mass is 10.1. The van der Waals surface area contributed by atoms with E-state index in [2.05, 4.69) is 16.6 Å². The Kier molecular flexibility index (Phi) is 2.95. The molecule has 6 nitrogen and oxygen atoms in total. The second-order valence-electron chi connectivity index (χ2n) is 3.82. The molecular weight excluding hydrogens is 222 g/mol. The number of allylic oxidation sites excluding steroid dienone is 1. The standard InChI is InChI=1S/C11H13N3O3/c1-3-4-13-6-8-5-9(10(15)17-2)12-11(16)14(8)7-13/h3,6-7,9H,1,4-5H2,2H3/p+1. The van der Waals surface area contributed by atoms with E-state index < -0.39 is 12.0 Å². The van der Waals surface area contributed by atoms with E-state index in [0.717, 1.165) is 5.69 Å². The van der Waals surface area contributed by atoms with Crippen LogP contribution in [-0.4, -0.2) is 29.7 Å². The Balaban J connectivity index is 2.26. The van der Waals surface area contributed by atoms with Gasteiger partial charge >= 0.3 is 12.0 Å². The number of rotatable bonds is 3. The third-order valence-electron chi connectivity index (χ3n) is 2.64. The summed E-state index contributed by atoms with van der Waals surface area (Å²) in [5.74, 6) is -0.430. The van der Waals surface area contributed by atoms with Crippen LogP contribution < -0.4 is 9.88 Å². The molecule has 2 rings (SSSR count). The van der Waals surface area contributed by atoms with Crippen molar-refractivity contribution >= 4 is 12.0 Å². The number of methoxy groups -OCH3 is 1. The first kappa shape index (κ1) is 11.4. The quantitative estimate of drug-likeness (QED) is 0.442. The van der Waals surface area contributed by atoms with Gasteiger partial charge in [0.25, 0.3) is 6.33 Å². The van der Waals surface area contributed by atoms with Crippen molar-refractivity contribution in [2.24, 2.45) is 0 Å². The molecule has 1 amide bonds. The third kappa shape index (κ3) is 2.06. The first-order valence-corrected chi connectivity index (χ1v) is 5.25. The maximum atomic E-state index is 11.7. The summed E-state index contributed by atoms with van der Waals surface area (Å²) in [6, 6.07) is -0.920. The first-order valence-electron chi connectivity index (χ1n) is 5.25. The summed E-state index contributed by atoms with van der Waals surface area (Å²) >= 11 is 0. The van der Waals surface area contributed by atoms with Crippen molar-refractivity contribution in [1.82, 2.24) is 9.88 Å². The van der Waals surface area contributed by atoms with Crippen LogP contribution in [0.4, 0.5) is 4.79 Å². The zero-order valence-electron chi connectivity index (χ0n) is 9.55. The molecule has 0 aliphatic carbocycles. The summed E-state index contributed by atoms with van der Waals surface area (Å²) < 4.78 is 7.95. The minimum Gasteiger partial charge on any atom is -0.467 e. The van der Waals surface area contributed by atoms with Gasteiger partial charge in [-0.1, -0.05) is 12.7 Å². The van der Waals surface area contributed by atoms with Crippen LogP contribution in [0.1, 0.15) is 5.69 Å². The molecule has 1 aromatic heterocycles. The third-order valence-corrected chi connectivity index (χ3v) is 2.64. The number of nitrogens with one attached hydrogen (secondary N) is 1. The van der Waals surface area contributed by atoms with Gasteiger partial charge < -0.3 is 10.1 Å². The predicted octanol–water partition coefficient (Wildman–Crippen LogP) is -0.383. The van der Waals surface area contributed by atoms with Gasteiger partial charge in [-0.25, -0.2) is 14.2 Å². The molecule has 1 aromatic rings. The van der Waals surface area contributed by atoms with Crippen molar-refractivity contribution < 1.29 is 18.9 Å². The number of hydrogen-bond donors (Lipinski definition) is 1. The lowest BCUT2D eigenvalue weighted by molar-refractivity contribution is -0.686. The van der Waals surface area contributed by atoms with E-state index in [1.54, 1.807) is 12.4 Å². The van der Waals surface area contributed by atoms with E-state index >= 15 is 0 Å². The van der Waals surface area contributed by atoms with Crippen molar-refractivity contribution in [2.45, 2.75) is 19.0 Å². The maximum Gasteiger partial charge on any atom is 0.414 e. The van der Waals surface area contributed by atoms with Gasteiger partial charge in [0.1, 0.15) is 18.8 Å². The number of fused-ring (bicyclic) bond motifs is 1. The van der Waals surface area contributed by atoms with Gasteiger partial charge in [-0.2, -0.15) is 0 Å². The zero-order chi connectivity index (χ0) is 12.4. The number of nitrogens with zero attached hydrogens (tertiary/aromatic N) is 2. The summed E-state index contributed by atoms with van der Waals surface area (Å²) in [6.07, 6.45) is 5.68. The van der Waals surface area contributed by atoms with Gasteiger partial charge in [-0.05, 0) is 0 Å². The van der Waals surface area contributed by atoms with Crippen LogP contribution in [0.5, 0.6) is 0 Å². The van der Waals surface area contributed by atoms with Gasteiger partial charge in [0.05, 0.1) is 7.11 Å². The second kappa shape index (κ2) is 4.40. The Morgan fingerprint density at radius 2 is 2.59 bits per heavy atom. The molecule has 2 heterocycles. The number of carbonyl (C=O) groups is 2. The SMILES string of the molecule is C=CC[n+]1cc2n(c1)C(=O)NC(C(=O)OC)C2. The fourth-order valence-electron chi connectivity index (χ4n) is 1.86. The Bertz CT molecular complexity index is 478. The molecule has 0 saturated carbocycles. The maximum absolute atomic E-state index is 11.7. The summed E-state index contributed by atoms with van der Waals surface area (Å²) in [5.41, 5.74) is 0.783. The average Bonchev–Trinajstić information content (AvgIpc) is 2.71. The molecule has 1 aliphatic rings. The Morgan fingerprint density at radius 1 is 1.82 bits per heavy atom. The zero-order valence-corrected chi connectivity index (χ0v) is 9.55. The molecule has 0 radical (unpaired) electrons. The highest BCUT2D eigenvalue weighted by Crippen LogP contribution is 2.09. The molecule has 1 aliphatic heterocycles. The number of hydrogen-bond acceptors (Lipinski definition) is 3. The smallest absolute Gasteiger partial charge is 0.414 e. The molecule has 0 bridgehead atoms. The number of esters is 1. The molecule has 0 saturated heterocycles. The highest BCUT2D eigenvalue weighted by atomic mass is 16.5. The lowest BCUT2D eigenvalue weighted by Crippen LogP contribution is -2.49. The predicted molar refractivity (Wildman–Crippen MR) is 58.3 cm³/mol. The van der Waals surface area contributed by atoms with Crippen molar-refractivity contribution in [2.75, 3.05) is 7.11 Å². The molecule has 1 N–H and O–H groups in total. The lowest BCUT2D eigenvalue weighted by Gasteiger charge is -2.17. The molecule has 0 fully saturated rings. The summed E-state index contributed by atoms with van der Waals surface area (Å²) in [5, 5.41) is 2.59. The molecule has 0 aromatic carbocycles. The van der Waals surface area contributed by atoms with Crippen molar-refractivity contribution in [3.8, 4) is 0 Å². The van der Waals surface area contributed by atoms with Crippen molar-refractivity contribution in [1.29, 1.82) is 0 Å². The second-order valence-corrected chi connectivity index (χ2v) is 3.82. The minimum atomic E-state index is -0.605. The molecular formula is C11H14N3O3+. The number of aromatic nitrogens is 2. The first-order chi connectivity index (χ1) is 8.15. The Morgan fingerprint density at radius 3 is 3.24 bits per heavy atom. The van der Waals surface area contributed by atoms with E-state index in [-0.39, 0.29) is 6.03 Å². The van der Waals surface area contributed by atoms with Gasteiger partial charge in [-0.15, -0.1) is 4.57 Å². The van der Waals surface area contributed by atoms with Crippen LogP contribution in [-0.2, 0) is 22.5 Å². The van der Waals surface area contributed by atoms with E-state index in [4.69, 9.17) is 0 Å². The topological polar surface area (TPSA) is 64.2 Å². The van der Waals surface area contributed by atoms with E-state index in [0.29, 0.717) is 13.0 Å². The van der Waals surface area contributed by atoms with Crippen LogP contribution in [0.2, 0.25) is 0 Å². The molecule has 6 heteroatoms. The van der Waals surface area contributed by atoms with Crippen LogP contribution in [0.25, 0.3) is 0 Å². The van der Waals surface area contributed by atoms with Crippen LogP contribution >= 0.6 is 0 Å². The number of ether oxygens (including phenoxy) is 1. The number of imidazole rings is 1. The van der Waals surface area contributed by atoms with Gasteiger partial charge in [0.15, 0.2) is 5.69 Å². The molecule has 17 heavy (non-hydrogen) atoms. The van der Waals surface area contributed by atoms with Gasteiger partial charge in [0.2, 0.25) is 0 Å². The Labute approximate surface area is 98.5 Å². The fraction of sp³-hybridized carbons (Fsp3) is 0.364. The molecule has 0 spiro atoms. The highest BCUT2D eigenvalue weighted by Gasteiger charge is 2.34. The number of amides is 1. The van der Waals surface area contributed by atoms with E-state index in [1.165, 1.54) is 11.7 Å². The van der Waals surface area contributed by atoms with E-state index in [9.17, 15) is 9.59 Å². The van der Waals surface area contributed by atoms with Crippen LogP contribution in [0, 0.1) is 0 Å². The van der Waals surface area contributed by atoms with Gasteiger partial charge in [-0.3, -0.25) is 0 Å². The molecule has 90 valence electrons. The summed E-state index contributed by atoms with van der Waals surface area (Å²) in [7, 11) is 1.31. The molecule has 1 atom stereocenters. The van der Waals surface area contributed by atoms with Crippen molar-refractivity contribution in [3.05, 3.63) is 30.9 Å². The number of carbonyl (C=O) groups excluding carboxylic acids is 2. The fourth-order valence-corrected chi connectivity index (χ4v) is 1.86.